The maximum absolute atomic E-state index is 13.9. The number of amides is 2. The molecule has 0 aliphatic carbocycles. The van der Waals surface area contributed by atoms with Gasteiger partial charge in [-0.05, 0) is 43.7 Å². The molecule has 0 unspecified atom stereocenters. The third-order valence-corrected chi connectivity index (χ3v) is 5.26. The predicted octanol–water partition coefficient (Wildman–Crippen LogP) is 4.99. The number of para-hydroxylation sites is 1. The quantitative estimate of drug-likeness (QED) is 0.575. The Kier molecular flexibility index (Phi) is 5.48. The van der Waals surface area contributed by atoms with Gasteiger partial charge in [0.25, 0.3) is 11.8 Å². The molecule has 2 amide bonds. The first-order chi connectivity index (χ1) is 15.3. The fourth-order valence-electron chi connectivity index (χ4n) is 3.69. The lowest BCUT2D eigenvalue weighted by Crippen LogP contribution is -2.32. The average molecular weight is 434 g/mol. The first-order valence-corrected chi connectivity index (χ1v) is 9.87. The zero-order valence-electron chi connectivity index (χ0n) is 17.7. The standard InChI is InChI=1S/C25H20F2N2O3/c1-14-8-11-20(15(2)12-14)28-23-22(17-6-4-5-7-21(17)32-3)24(30)29(25(23)31)16-9-10-18(26)19(27)13-16/h4-13,28H,1-3H3. The van der Waals surface area contributed by atoms with Crippen molar-refractivity contribution in [3.8, 4) is 5.75 Å². The van der Waals surface area contributed by atoms with Gasteiger partial charge in [0.15, 0.2) is 11.6 Å². The number of methoxy groups -OCH3 is 1. The number of imide groups is 1. The molecule has 3 aromatic carbocycles. The lowest BCUT2D eigenvalue weighted by Gasteiger charge is -2.16. The van der Waals surface area contributed by atoms with Gasteiger partial charge in [-0.25, -0.2) is 13.7 Å². The summed E-state index contributed by atoms with van der Waals surface area (Å²) in [5.41, 5.74) is 3.02. The van der Waals surface area contributed by atoms with Gasteiger partial charge in [-0.1, -0.05) is 35.9 Å². The number of halogens is 2. The molecule has 0 aromatic heterocycles. The van der Waals surface area contributed by atoms with E-state index in [1.807, 2.05) is 32.0 Å². The zero-order valence-corrected chi connectivity index (χ0v) is 17.7. The lowest BCUT2D eigenvalue weighted by molar-refractivity contribution is -0.120. The molecule has 4 rings (SSSR count). The first-order valence-electron chi connectivity index (χ1n) is 9.87. The number of carbonyl (C=O) groups is 2. The fourth-order valence-corrected chi connectivity index (χ4v) is 3.69. The van der Waals surface area contributed by atoms with Crippen LogP contribution < -0.4 is 15.0 Å². The van der Waals surface area contributed by atoms with Crippen LogP contribution in [0.5, 0.6) is 5.75 Å². The zero-order chi connectivity index (χ0) is 23.0. The Hall–Kier alpha value is -4.00. The number of hydrogen-bond donors (Lipinski definition) is 1. The molecule has 5 nitrogen and oxygen atoms in total. The van der Waals surface area contributed by atoms with Crippen LogP contribution >= 0.6 is 0 Å². The maximum atomic E-state index is 13.9. The molecule has 0 spiro atoms. The molecule has 0 saturated heterocycles. The molecule has 0 bridgehead atoms. The summed E-state index contributed by atoms with van der Waals surface area (Å²) in [6.45, 7) is 3.83. The average Bonchev–Trinajstić information content (AvgIpc) is 3.01. The molecule has 32 heavy (non-hydrogen) atoms. The monoisotopic (exact) mass is 434 g/mol. The molecule has 1 aliphatic rings. The summed E-state index contributed by atoms with van der Waals surface area (Å²) >= 11 is 0. The highest BCUT2D eigenvalue weighted by atomic mass is 19.2. The Morgan fingerprint density at radius 2 is 1.62 bits per heavy atom. The Morgan fingerprint density at radius 3 is 2.31 bits per heavy atom. The molecule has 1 aliphatic heterocycles. The minimum absolute atomic E-state index is 0.0242. The molecule has 0 radical (unpaired) electrons. The summed E-state index contributed by atoms with van der Waals surface area (Å²) in [6.07, 6.45) is 0. The van der Waals surface area contributed by atoms with Crippen molar-refractivity contribution in [2.45, 2.75) is 13.8 Å². The van der Waals surface area contributed by atoms with E-state index in [-0.39, 0.29) is 17.0 Å². The van der Waals surface area contributed by atoms with Crippen LogP contribution in [-0.2, 0) is 9.59 Å². The minimum atomic E-state index is -1.15. The van der Waals surface area contributed by atoms with Crippen LogP contribution in [0.1, 0.15) is 16.7 Å². The predicted molar refractivity (Wildman–Crippen MR) is 118 cm³/mol. The Bertz CT molecular complexity index is 1280. The summed E-state index contributed by atoms with van der Waals surface area (Å²) in [7, 11) is 1.46. The van der Waals surface area contributed by atoms with Gasteiger partial charge in [0.05, 0.1) is 18.4 Å². The van der Waals surface area contributed by atoms with Crippen LogP contribution in [0.2, 0.25) is 0 Å². The fraction of sp³-hybridized carbons (Fsp3) is 0.120. The van der Waals surface area contributed by atoms with Crippen molar-refractivity contribution in [1.82, 2.24) is 0 Å². The van der Waals surface area contributed by atoms with E-state index in [9.17, 15) is 18.4 Å². The lowest BCUT2D eigenvalue weighted by atomic mass is 10.0. The van der Waals surface area contributed by atoms with E-state index in [2.05, 4.69) is 5.32 Å². The summed E-state index contributed by atoms with van der Waals surface area (Å²) in [4.78, 5) is 27.7. The molecule has 1 heterocycles. The van der Waals surface area contributed by atoms with E-state index in [4.69, 9.17) is 4.74 Å². The second kappa shape index (κ2) is 8.26. The van der Waals surface area contributed by atoms with Gasteiger partial charge in [-0.15, -0.1) is 0 Å². The number of benzene rings is 3. The van der Waals surface area contributed by atoms with Gasteiger partial charge in [0.2, 0.25) is 0 Å². The van der Waals surface area contributed by atoms with Gasteiger partial charge in [-0.2, -0.15) is 0 Å². The number of hydrogen-bond acceptors (Lipinski definition) is 4. The normalized spacial score (nSPS) is 13.7. The number of anilines is 2. The van der Waals surface area contributed by atoms with Gasteiger partial charge in [-0.3, -0.25) is 9.59 Å². The summed E-state index contributed by atoms with van der Waals surface area (Å²) in [5, 5.41) is 3.09. The highest BCUT2D eigenvalue weighted by Gasteiger charge is 2.41. The van der Waals surface area contributed by atoms with E-state index in [1.54, 1.807) is 24.3 Å². The molecule has 0 saturated carbocycles. The van der Waals surface area contributed by atoms with Crippen LogP contribution in [0.4, 0.5) is 20.2 Å². The number of rotatable bonds is 5. The van der Waals surface area contributed by atoms with E-state index >= 15 is 0 Å². The highest BCUT2D eigenvalue weighted by Crippen LogP contribution is 2.38. The molecule has 1 N–H and O–H groups in total. The molecule has 0 atom stereocenters. The van der Waals surface area contributed by atoms with E-state index in [0.29, 0.717) is 17.0 Å². The molecular formula is C25H20F2N2O3. The van der Waals surface area contributed by atoms with Gasteiger partial charge < -0.3 is 10.1 Å². The first kappa shape index (κ1) is 21.2. The van der Waals surface area contributed by atoms with Crippen molar-refractivity contribution < 1.29 is 23.1 Å². The second-order valence-corrected chi connectivity index (χ2v) is 7.44. The molecule has 0 fully saturated rings. The smallest absolute Gasteiger partial charge is 0.282 e. The van der Waals surface area contributed by atoms with Gasteiger partial charge >= 0.3 is 0 Å². The van der Waals surface area contributed by atoms with Crippen molar-refractivity contribution in [2.24, 2.45) is 0 Å². The number of aryl methyl sites for hydroxylation is 2. The third-order valence-electron chi connectivity index (χ3n) is 5.26. The van der Waals surface area contributed by atoms with Crippen LogP contribution in [0, 0.1) is 25.5 Å². The van der Waals surface area contributed by atoms with Crippen molar-refractivity contribution in [2.75, 3.05) is 17.3 Å². The van der Waals surface area contributed by atoms with Crippen molar-refractivity contribution in [3.05, 3.63) is 94.7 Å². The number of nitrogens with one attached hydrogen (secondary N) is 1. The van der Waals surface area contributed by atoms with Crippen molar-refractivity contribution in [1.29, 1.82) is 0 Å². The molecule has 3 aromatic rings. The highest BCUT2D eigenvalue weighted by molar-refractivity contribution is 6.46. The summed E-state index contributed by atoms with van der Waals surface area (Å²) < 4.78 is 32.7. The molecular weight excluding hydrogens is 414 g/mol. The van der Waals surface area contributed by atoms with Crippen molar-refractivity contribution in [3.63, 3.8) is 0 Å². The number of carbonyl (C=O) groups excluding carboxylic acids is 2. The van der Waals surface area contributed by atoms with Crippen LogP contribution in [0.3, 0.4) is 0 Å². The van der Waals surface area contributed by atoms with Gasteiger partial charge in [0, 0.05) is 17.3 Å². The van der Waals surface area contributed by atoms with Crippen LogP contribution in [-0.4, -0.2) is 18.9 Å². The Morgan fingerprint density at radius 1 is 0.875 bits per heavy atom. The molecule has 162 valence electrons. The summed E-state index contributed by atoms with van der Waals surface area (Å²) in [5.74, 6) is -3.17. The topological polar surface area (TPSA) is 58.6 Å². The number of ether oxygens (including phenoxy) is 1. The summed E-state index contributed by atoms with van der Waals surface area (Å²) in [6, 6.07) is 15.3. The van der Waals surface area contributed by atoms with Gasteiger partial charge in [0.1, 0.15) is 11.4 Å². The SMILES string of the molecule is COc1ccccc1C1=C(Nc2ccc(C)cc2C)C(=O)N(c2ccc(F)c(F)c2)C1=O. The van der Waals surface area contributed by atoms with E-state index < -0.39 is 23.4 Å². The third kappa shape index (κ3) is 3.62. The second-order valence-electron chi connectivity index (χ2n) is 7.44. The Balaban J connectivity index is 1.88. The van der Waals surface area contributed by atoms with Crippen LogP contribution in [0.25, 0.3) is 5.57 Å². The minimum Gasteiger partial charge on any atom is -0.496 e. The van der Waals surface area contributed by atoms with E-state index in [1.165, 1.54) is 13.2 Å². The Labute approximate surface area is 183 Å². The molecule has 7 heteroatoms. The number of nitrogens with zero attached hydrogens (tertiary/aromatic N) is 1. The van der Waals surface area contributed by atoms with E-state index in [0.717, 1.165) is 28.2 Å². The van der Waals surface area contributed by atoms with Crippen LogP contribution in [0.15, 0.2) is 66.4 Å². The maximum Gasteiger partial charge on any atom is 0.282 e. The largest absolute Gasteiger partial charge is 0.496 e. The van der Waals surface area contributed by atoms with Crippen molar-refractivity contribution >= 4 is 28.8 Å².